The first-order valence-electron chi connectivity index (χ1n) is 3.77. The molecule has 0 radical (unpaired) electrons. The molecule has 5 nitrogen and oxygen atoms in total. The third-order valence-corrected chi connectivity index (χ3v) is 1.77. The molecule has 5 heteroatoms. The van der Waals surface area contributed by atoms with Crippen LogP contribution in [0.15, 0.2) is 4.99 Å². The van der Waals surface area contributed by atoms with Gasteiger partial charge in [0.15, 0.2) is 0 Å². The van der Waals surface area contributed by atoms with E-state index >= 15 is 0 Å². The minimum atomic E-state index is -0.916. The Morgan fingerprint density at radius 3 is 3.08 bits per heavy atom. The van der Waals surface area contributed by atoms with E-state index in [1.807, 2.05) is 0 Å². The Labute approximate surface area is 70.1 Å². The van der Waals surface area contributed by atoms with Crippen molar-refractivity contribution < 1.29 is 15.0 Å². The first-order chi connectivity index (χ1) is 5.59. The fourth-order valence-corrected chi connectivity index (χ4v) is 1.14. The average Bonchev–Trinajstić information content (AvgIpc) is 1.96. The first kappa shape index (κ1) is 8.99. The van der Waals surface area contributed by atoms with Crippen molar-refractivity contribution in [1.82, 2.24) is 5.32 Å². The number of carboxylic acids is 1. The fraction of sp³-hybridized carbons (Fsp3) is 0.714. The van der Waals surface area contributed by atoms with Crippen molar-refractivity contribution >= 4 is 11.8 Å². The highest BCUT2D eigenvalue weighted by atomic mass is 16.4. The van der Waals surface area contributed by atoms with Crippen LogP contribution in [0, 0.1) is 0 Å². The van der Waals surface area contributed by atoms with Gasteiger partial charge in [0.05, 0.1) is 30.9 Å². The second-order valence-electron chi connectivity index (χ2n) is 2.84. The number of aliphatic imine (C=N–C) groups is 1. The lowest BCUT2D eigenvalue weighted by atomic mass is 10.1. The summed E-state index contributed by atoms with van der Waals surface area (Å²) >= 11 is 0. The number of carbonyl (C=O) groups is 1. The summed E-state index contributed by atoms with van der Waals surface area (Å²) in [5.74, 6) is -0.229. The van der Waals surface area contributed by atoms with Crippen molar-refractivity contribution in [3.8, 4) is 0 Å². The second kappa shape index (κ2) is 3.53. The monoisotopic (exact) mass is 172 g/mol. The van der Waals surface area contributed by atoms with Crippen LogP contribution in [0.2, 0.25) is 0 Å². The van der Waals surface area contributed by atoms with Crippen LogP contribution < -0.4 is 5.32 Å². The molecule has 3 N–H and O–H groups in total. The van der Waals surface area contributed by atoms with Crippen LogP contribution in [0.1, 0.15) is 13.3 Å². The molecule has 0 bridgehead atoms. The number of amidine groups is 1. The summed E-state index contributed by atoms with van der Waals surface area (Å²) in [6, 6.07) is -0.403. The normalized spacial score (nSPS) is 29.0. The van der Waals surface area contributed by atoms with Crippen LogP contribution in [0.25, 0.3) is 0 Å². The standard InChI is InChI=1S/C7H12N2O3/c1-4-8-3-6(10)5(9-4)2-7(11)12/h5-6,10H,2-3H2,1H3,(H,8,9)(H,11,12)/t5-,6-/m0/s1. The molecule has 1 aliphatic heterocycles. The molecule has 0 aromatic carbocycles. The third kappa shape index (κ3) is 2.20. The van der Waals surface area contributed by atoms with Crippen LogP contribution >= 0.6 is 0 Å². The van der Waals surface area contributed by atoms with E-state index in [1.54, 1.807) is 6.92 Å². The van der Waals surface area contributed by atoms with Gasteiger partial charge in [0.25, 0.3) is 0 Å². The minimum absolute atomic E-state index is 0.0754. The van der Waals surface area contributed by atoms with Crippen molar-refractivity contribution in [2.45, 2.75) is 25.5 Å². The lowest BCUT2D eigenvalue weighted by Crippen LogP contribution is -2.48. The van der Waals surface area contributed by atoms with E-state index in [0.29, 0.717) is 5.84 Å². The van der Waals surface area contributed by atoms with Gasteiger partial charge in [0.2, 0.25) is 0 Å². The van der Waals surface area contributed by atoms with E-state index in [-0.39, 0.29) is 13.0 Å². The molecule has 0 aromatic heterocycles. The van der Waals surface area contributed by atoms with E-state index in [2.05, 4.69) is 10.3 Å². The maximum absolute atomic E-state index is 10.3. The maximum atomic E-state index is 10.3. The molecular weight excluding hydrogens is 160 g/mol. The van der Waals surface area contributed by atoms with Gasteiger partial charge in [-0.15, -0.1) is 0 Å². The second-order valence-corrected chi connectivity index (χ2v) is 2.84. The van der Waals surface area contributed by atoms with Gasteiger partial charge in [-0.25, -0.2) is 0 Å². The zero-order valence-electron chi connectivity index (χ0n) is 6.82. The van der Waals surface area contributed by atoms with Crippen LogP contribution in [0.4, 0.5) is 0 Å². The zero-order chi connectivity index (χ0) is 9.14. The molecule has 1 rings (SSSR count). The van der Waals surface area contributed by atoms with E-state index in [9.17, 15) is 9.90 Å². The lowest BCUT2D eigenvalue weighted by molar-refractivity contribution is -0.138. The van der Waals surface area contributed by atoms with Crippen LogP contribution in [0.3, 0.4) is 0 Å². The summed E-state index contributed by atoms with van der Waals surface area (Å²) < 4.78 is 0. The number of carboxylic acid groups (broad SMARTS) is 1. The summed E-state index contributed by atoms with van der Waals surface area (Å²) in [5.41, 5.74) is 0. The summed E-state index contributed by atoms with van der Waals surface area (Å²) in [6.45, 7) is 2.04. The summed E-state index contributed by atoms with van der Waals surface area (Å²) in [5, 5.41) is 20.6. The predicted molar refractivity (Wildman–Crippen MR) is 43.2 cm³/mol. The topological polar surface area (TPSA) is 81.9 Å². The Bertz CT molecular complexity index is 215. The molecule has 0 saturated heterocycles. The van der Waals surface area contributed by atoms with Gasteiger partial charge in [-0.05, 0) is 6.92 Å². The molecule has 0 aliphatic carbocycles. The Kier molecular flexibility index (Phi) is 2.65. The van der Waals surface area contributed by atoms with E-state index in [4.69, 9.17) is 5.11 Å². The van der Waals surface area contributed by atoms with Gasteiger partial charge in [0.1, 0.15) is 0 Å². The molecular formula is C7H12N2O3. The first-order valence-corrected chi connectivity index (χ1v) is 3.77. The zero-order valence-corrected chi connectivity index (χ0v) is 6.82. The summed E-state index contributed by atoms with van der Waals surface area (Å²) in [6.07, 6.45) is -0.765. The molecule has 1 aliphatic rings. The molecule has 0 saturated carbocycles. The molecule has 0 aromatic rings. The number of hydrogen-bond acceptors (Lipinski definition) is 4. The average molecular weight is 172 g/mol. The fourth-order valence-electron chi connectivity index (χ4n) is 1.14. The Hall–Kier alpha value is -1.10. The van der Waals surface area contributed by atoms with Crippen molar-refractivity contribution in [3.05, 3.63) is 0 Å². The molecule has 0 spiro atoms. The van der Waals surface area contributed by atoms with E-state index in [1.165, 1.54) is 0 Å². The number of aliphatic hydroxyl groups is 1. The number of hydrogen-bond donors (Lipinski definition) is 3. The Balaban J connectivity index is 2.53. The SMILES string of the molecule is CC1=NC[C@H](O)[C@H](CC(=O)O)N1. The summed E-state index contributed by atoms with van der Waals surface area (Å²) in [4.78, 5) is 14.3. The summed E-state index contributed by atoms with van der Waals surface area (Å²) in [7, 11) is 0. The third-order valence-electron chi connectivity index (χ3n) is 1.77. The van der Waals surface area contributed by atoms with Gasteiger partial charge in [-0.2, -0.15) is 0 Å². The minimum Gasteiger partial charge on any atom is -0.481 e. The van der Waals surface area contributed by atoms with Gasteiger partial charge < -0.3 is 15.5 Å². The Morgan fingerprint density at radius 2 is 2.50 bits per heavy atom. The van der Waals surface area contributed by atoms with Crippen LogP contribution in [0.5, 0.6) is 0 Å². The Morgan fingerprint density at radius 1 is 1.83 bits per heavy atom. The van der Waals surface area contributed by atoms with E-state index in [0.717, 1.165) is 0 Å². The van der Waals surface area contributed by atoms with Gasteiger partial charge in [-0.3, -0.25) is 9.79 Å². The van der Waals surface area contributed by atoms with Gasteiger partial charge >= 0.3 is 5.97 Å². The number of nitrogens with zero attached hydrogens (tertiary/aromatic N) is 1. The highest BCUT2D eigenvalue weighted by Gasteiger charge is 2.24. The van der Waals surface area contributed by atoms with Gasteiger partial charge in [0, 0.05) is 0 Å². The largest absolute Gasteiger partial charge is 0.481 e. The number of rotatable bonds is 2. The molecule has 12 heavy (non-hydrogen) atoms. The maximum Gasteiger partial charge on any atom is 0.305 e. The number of nitrogens with one attached hydrogen (secondary N) is 1. The molecule has 0 unspecified atom stereocenters. The predicted octanol–water partition coefficient (Wildman–Crippen LogP) is -0.788. The molecule has 1 heterocycles. The smallest absolute Gasteiger partial charge is 0.305 e. The highest BCUT2D eigenvalue weighted by molar-refractivity contribution is 5.81. The van der Waals surface area contributed by atoms with Crippen LogP contribution in [-0.4, -0.2) is 40.7 Å². The number of aliphatic carboxylic acids is 1. The molecule has 0 fully saturated rings. The number of aliphatic hydroxyl groups excluding tert-OH is 1. The molecule has 2 atom stereocenters. The van der Waals surface area contributed by atoms with Crippen LogP contribution in [-0.2, 0) is 4.79 Å². The van der Waals surface area contributed by atoms with Gasteiger partial charge in [-0.1, -0.05) is 0 Å². The van der Waals surface area contributed by atoms with Crippen molar-refractivity contribution in [1.29, 1.82) is 0 Å². The highest BCUT2D eigenvalue weighted by Crippen LogP contribution is 2.04. The van der Waals surface area contributed by atoms with Crippen molar-refractivity contribution in [3.63, 3.8) is 0 Å². The quantitative estimate of drug-likeness (QED) is 0.510. The molecule has 68 valence electrons. The van der Waals surface area contributed by atoms with Crippen molar-refractivity contribution in [2.75, 3.05) is 6.54 Å². The van der Waals surface area contributed by atoms with E-state index < -0.39 is 18.1 Å². The van der Waals surface area contributed by atoms with Crippen molar-refractivity contribution in [2.24, 2.45) is 4.99 Å². The lowest BCUT2D eigenvalue weighted by Gasteiger charge is -2.26. The molecule has 0 amide bonds.